The number of para-hydroxylation sites is 1. The van der Waals surface area contributed by atoms with Crippen molar-refractivity contribution < 1.29 is 9.53 Å². The number of carbonyl (C=O) groups excluding carboxylic acids is 1. The number of benzene rings is 2. The summed E-state index contributed by atoms with van der Waals surface area (Å²) < 4.78 is 7.23. The smallest absolute Gasteiger partial charge is 0.258 e. The molecule has 22 heavy (non-hydrogen) atoms. The standard InChI is InChI=1S/C16H13IN2O2S/c1-9-5-3-6-10(13(9)17)15(20)19-16-18-14-11(21-2)7-4-8-12(14)22-16/h3-8H,1-2H3,(H,18,19,20). The number of anilines is 1. The number of nitrogens with zero attached hydrogens (tertiary/aromatic N) is 1. The molecule has 0 saturated carbocycles. The van der Waals surface area contributed by atoms with Crippen molar-refractivity contribution in [3.05, 3.63) is 51.1 Å². The van der Waals surface area contributed by atoms with E-state index in [4.69, 9.17) is 4.74 Å². The van der Waals surface area contributed by atoms with E-state index >= 15 is 0 Å². The first-order chi connectivity index (χ1) is 10.6. The number of hydrogen-bond acceptors (Lipinski definition) is 4. The van der Waals surface area contributed by atoms with Gasteiger partial charge in [-0.05, 0) is 53.3 Å². The molecule has 0 unspecified atom stereocenters. The largest absolute Gasteiger partial charge is 0.494 e. The van der Waals surface area contributed by atoms with Crippen LogP contribution in [0.3, 0.4) is 0 Å². The average molecular weight is 424 g/mol. The Bertz CT molecular complexity index is 860. The molecule has 1 heterocycles. The molecule has 0 aliphatic heterocycles. The van der Waals surface area contributed by atoms with Crippen LogP contribution in [0.1, 0.15) is 15.9 Å². The van der Waals surface area contributed by atoms with E-state index in [-0.39, 0.29) is 5.91 Å². The Morgan fingerprint density at radius 2 is 2.05 bits per heavy atom. The van der Waals surface area contributed by atoms with Crippen molar-refractivity contribution >= 4 is 55.2 Å². The number of methoxy groups -OCH3 is 1. The van der Waals surface area contributed by atoms with E-state index in [0.29, 0.717) is 16.4 Å². The fourth-order valence-corrected chi connectivity index (χ4v) is 3.61. The van der Waals surface area contributed by atoms with E-state index < -0.39 is 0 Å². The number of aryl methyl sites for hydroxylation is 1. The van der Waals surface area contributed by atoms with Gasteiger partial charge >= 0.3 is 0 Å². The van der Waals surface area contributed by atoms with Crippen LogP contribution in [-0.2, 0) is 0 Å². The summed E-state index contributed by atoms with van der Waals surface area (Å²) in [5, 5.41) is 3.45. The molecule has 1 amide bonds. The number of hydrogen-bond donors (Lipinski definition) is 1. The lowest BCUT2D eigenvalue weighted by Gasteiger charge is -2.06. The third kappa shape index (κ3) is 2.80. The first kappa shape index (κ1) is 15.2. The van der Waals surface area contributed by atoms with Gasteiger partial charge in [0.25, 0.3) is 5.91 Å². The summed E-state index contributed by atoms with van der Waals surface area (Å²) in [6.45, 7) is 1.99. The van der Waals surface area contributed by atoms with Crippen molar-refractivity contribution in [2.24, 2.45) is 0 Å². The van der Waals surface area contributed by atoms with E-state index in [1.165, 1.54) is 11.3 Å². The summed E-state index contributed by atoms with van der Waals surface area (Å²) in [5.41, 5.74) is 2.51. The molecule has 6 heteroatoms. The minimum absolute atomic E-state index is 0.147. The molecule has 3 aromatic rings. The Hall–Kier alpha value is -1.67. The third-order valence-electron chi connectivity index (χ3n) is 3.26. The molecule has 0 atom stereocenters. The average Bonchev–Trinajstić information content (AvgIpc) is 2.92. The molecular weight excluding hydrogens is 411 g/mol. The van der Waals surface area contributed by atoms with Gasteiger partial charge in [0, 0.05) is 3.57 Å². The molecule has 0 saturated heterocycles. The maximum Gasteiger partial charge on any atom is 0.258 e. The van der Waals surface area contributed by atoms with E-state index in [1.54, 1.807) is 7.11 Å². The quantitative estimate of drug-likeness (QED) is 0.632. The van der Waals surface area contributed by atoms with E-state index in [0.717, 1.165) is 19.4 Å². The number of halogens is 1. The highest BCUT2D eigenvalue weighted by Gasteiger charge is 2.14. The maximum atomic E-state index is 12.4. The second-order valence-corrected chi connectivity index (χ2v) is 6.83. The lowest BCUT2D eigenvalue weighted by molar-refractivity contribution is 0.102. The molecular formula is C16H13IN2O2S. The third-order valence-corrected chi connectivity index (χ3v) is 5.63. The van der Waals surface area contributed by atoms with Gasteiger partial charge in [-0.2, -0.15) is 0 Å². The number of ether oxygens (including phenoxy) is 1. The molecule has 1 aromatic heterocycles. The summed E-state index contributed by atoms with van der Waals surface area (Å²) in [7, 11) is 1.61. The van der Waals surface area contributed by atoms with Crippen LogP contribution in [0.2, 0.25) is 0 Å². The number of aromatic nitrogens is 1. The summed E-state index contributed by atoms with van der Waals surface area (Å²) in [6.07, 6.45) is 0. The minimum atomic E-state index is -0.147. The van der Waals surface area contributed by atoms with Crippen LogP contribution in [-0.4, -0.2) is 18.0 Å². The van der Waals surface area contributed by atoms with Gasteiger partial charge in [0.15, 0.2) is 5.13 Å². The molecule has 0 aliphatic rings. The predicted octanol–water partition coefficient (Wildman–Crippen LogP) is 4.47. The molecule has 0 aliphatic carbocycles. The van der Waals surface area contributed by atoms with Gasteiger partial charge in [0.2, 0.25) is 0 Å². The van der Waals surface area contributed by atoms with Gasteiger partial charge in [0.05, 0.1) is 17.4 Å². The van der Waals surface area contributed by atoms with E-state index in [9.17, 15) is 4.79 Å². The molecule has 1 N–H and O–H groups in total. The zero-order valence-corrected chi connectivity index (χ0v) is 15.0. The molecule has 4 nitrogen and oxygen atoms in total. The van der Waals surface area contributed by atoms with E-state index in [2.05, 4.69) is 32.9 Å². The Kier molecular flexibility index (Phi) is 4.30. The van der Waals surface area contributed by atoms with E-state index in [1.807, 2.05) is 43.3 Å². The number of carbonyl (C=O) groups is 1. The van der Waals surface area contributed by atoms with Crippen molar-refractivity contribution in [3.8, 4) is 5.75 Å². The van der Waals surface area contributed by atoms with Gasteiger partial charge in [-0.1, -0.05) is 29.5 Å². The SMILES string of the molecule is COc1cccc2sc(NC(=O)c3cccc(C)c3I)nc12. The number of nitrogens with one attached hydrogen (secondary N) is 1. The number of fused-ring (bicyclic) bond motifs is 1. The van der Waals surface area contributed by atoms with Crippen LogP contribution >= 0.6 is 33.9 Å². The number of amides is 1. The highest BCUT2D eigenvalue weighted by atomic mass is 127. The van der Waals surface area contributed by atoms with Crippen molar-refractivity contribution in [1.82, 2.24) is 4.98 Å². The topological polar surface area (TPSA) is 51.2 Å². The van der Waals surface area contributed by atoms with Gasteiger partial charge in [-0.3, -0.25) is 10.1 Å². The maximum absolute atomic E-state index is 12.4. The second-order valence-electron chi connectivity index (χ2n) is 4.72. The van der Waals surface area contributed by atoms with Crippen LogP contribution in [0.5, 0.6) is 5.75 Å². The highest BCUT2D eigenvalue weighted by molar-refractivity contribution is 14.1. The van der Waals surface area contributed by atoms with Gasteiger partial charge < -0.3 is 4.74 Å². The van der Waals surface area contributed by atoms with Crippen LogP contribution < -0.4 is 10.1 Å². The van der Waals surface area contributed by atoms with Gasteiger partial charge in [0.1, 0.15) is 11.3 Å². The lowest BCUT2D eigenvalue weighted by atomic mass is 10.1. The molecule has 112 valence electrons. The number of thiazole rings is 1. The summed E-state index contributed by atoms with van der Waals surface area (Å²) >= 11 is 3.62. The molecule has 0 spiro atoms. The lowest BCUT2D eigenvalue weighted by Crippen LogP contribution is -2.13. The first-order valence-electron chi connectivity index (χ1n) is 6.60. The first-order valence-corrected chi connectivity index (χ1v) is 8.49. The van der Waals surface area contributed by atoms with Crippen molar-refractivity contribution in [3.63, 3.8) is 0 Å². The van der Waals surface area contributed by atoms with Crippen molar-refractivity contribution in [2.45, 2.75) is 6.92 Å². The minimum Gasteiger partial charge on any atom is -0.494 e. The Labute approximate surface area is 145 Å². The van der Waals surface area contributed by atoms with Gasteiger partial charge in [-0.25, -0.2) is 4.98 Å². The van der Waals surface area contributed by atoms with Gasteiger partial charge in [-0.15, -0.1) is 0 Å². The van der Waals surface area contributed by atoms with Crippen LogP contribution in [0.25, 0.3) is 10.2 Å². The zero-order chi connectivity index (χ0) is 15.7. The van der Waals surface area contributed by atoms with Crippen molar-refractivity contribution in [1.29, 1.82) is 0 Å². The Morgan fingerprint density at radius 1 is 1.27 bits per heavy atom. The Balaban J connectivity index is 1.93. The molecule has 0 bridgehead atoms. The second kappa shape index (κ2) is 6.21. The molecule has 3 rings (SSSR count). The Morgan fingerprint density at radius 3 is 2.82 bits per heavy atom. The fourth-order valence-electron chi connectivity index (χ4n) is 2.13. The summed E-state index contributed by atoms with van der Waals surface area (Å²) in [6, 6.07) is 11.4. The van der Waals surface area contributed by atoms with Crippen LogP contribution in [0, 0.1) is 10.5 Å². The molecule has 0 fully saturated rings. The highest BCUT2D eigenvalue weighted by Crippen LogP contribution is 2.32. The predicted molar refractivity (Wildman–Crippen MR) is 98.0 cm³/mol. The molecule has 0 radical (unpaired) electrons. The monoisotopic (exact) mass is 424 g/mol. The normalized spacial score (nSPS) is 10.7. The summed E-state index contributed by atoms with van der Waals surface area (Å²) in [4.78, 5) is 16.9. The number of rotatable bonds is 3. The molecule has 2 aromatic carbocycles. The fraction of sp³-hybridized carbons (Fsp3) is 0.125. The van der Waals surface area contributed by atoms with Crippen LogP contribution in [0.15, 0.2) is 36.4 Å². The summed E-state index contributed by atoms with van der Waals surface area (Å²) in [5.74, 6) is 0.561. The van der Waals surface area contributed by atoms with Crippen molar-refractivity contribution in [2.75, 3.05) is 12.4 Å². The zero-order valence-electron chi connectivity index (χ0n) is 12.0. The van der Waals surface area contributed by atoms with Crippen LogP contribution in [0.4, 0.5) is 5.13 Å².